The number of rotatable bonds is 7. The molecule has 94 valence electrons. The van der Waals surface area contributed by atoms with Gasteiger partial charge in [-0.2, -0.15) is 11.8 Å². The third-order valence-corrected chi connectivity index (χ3v) is 3.50. The van der Waals surface area contributed by atoms with Crippen LogP contribution >= 0.6 is 11.8 Å². The zero-order valence-electron chi connectivity index (χ0n) is 10.1. The number of esters is 1. The van der Waals surface area contributed by atoms with Gasteiger partial charge in [-0.1, -0.05) is 12.1 Å². The van der Waals surface area contributed by atoms with Gasteiger partial charge in [0.05, 0.1) is 12.7 Å². The van der Waals surface area contributed by atoms with Crippen LogP contribution in [-0.4, -0.2) is 25.4 Å². The van der Waals surface area contributed by atoms with Crippen LogP contribution in [-0.2, 0) is 10.5 Å². The van der Waals surface area contributed by atoms with Crippen molar-refractivity contribution in [1.82, 2.24) is 0 Å². The standard InChI is InChI=1S/C13H19NO2S/c1-16-13(15)12-6-4-11(5-7-12)10-17-9-3-2-8-14/h4-7H,2-3,8-10,14H2,1H3. The molecule has 0 unspecified atom stereocenters. The second kappa shape index (κ2) is 8.14. The van der Waals surface area contributed by atoms with Crippen LogP contribution in [0.1, 0.15) is 28.8 Å². The predicted molar refractivity (Wildman–Crippen MR) is 72.2 cm³/mol. The molecule has 0 aromatic heterocycles. The van der Waals surface area contributed by atoms with E-state index in [-0.39, 0.29) is 5.97 Å². The molecule has 0 fully saturated rings. The van der Waals surface area contributed by atoms with E-state index in [1.165, 1.54) is 19.1 Å². The Labute approximate surface area is 107 Å². The van der Waals surface area contributed by atoms with Crippen LogP contribution in [0.15, 0.2) is 24.3 Å². The first-order chi connectivity index (χ1) is 8.27. The molecule has 1 aromatic rings. The molecule has 17 heavy (non-hydrogen) atoms. The van der Waals surface area contributed by atoms with Crippen molar-refractivity contribution in [3.8, 4) is 0 Å². The Kier molecular flexibility index (Phi) is 6.74. The quantitative estimate of drug-likeness (QED) is 0.599. The summed E-state index contributed by atoms with van der Waals surface area (Å²) in [5.41, 5.74) is 7.26. The van der Waals surface area contributed by atoms with Crippen molar-refractivity contribution >= 4 is 17.7 Å². The van der Waals surface area contributed by atoms with Crippen LogP contribution in [0, 0.1) is 0 Å². The Hall–Kier alpha value is -1.00. The monoisotopic (exact) mass is 253 g/mol. The third-order valence-electron chi connectivity index (χ3n) is 2.39. The van der Waals surface area contributed by atoms with Gasteiger partial charge >= 0.3 is 5.97 Å². The van der Waals surface area contributed by atoms with Crippen molar-refractivity contribution in [2.24, 2.45) is 5.73 Å². The first-order valence-electron chi connectivity index (χ1n) is 5.73. The van der Waals surface area contributed by atoms with Crippen molar-refractivity contribution in [1.29, 1.82) is 0 Å². The number of ether oxygens (including phenoxy) is 1. The Bertz CT molecular complexity index is 338. The largest absolute Gasteiger partial charge is 0.465 e. The molecule has 2 N–H and O–H groups in total. The van der Waals surface area contributed by atoms with E-state index in [2.05, 4.69) is 4.74 Å². The first-order valence-corrected chi connectivity index (χ1v) is 6.88. The molecule has 0 aliphatic carbocycles. The fourth-order valence-electron chi connectivity index (χ4n) is 1.39. The van der Waals surface area contributed by atoms with E-state index >= 15 is 0 Å². The second-order valence-corrected chi connectivity index (χ2v) is 4.84. The van der Waals surface area contributed by atoms with Crippen molar-refractivity contribution in [2.75, 3.05) is 19.4 Å². The molecular weight excluding hydrogens is 234 g/mol. The highest BCUT2D eigenvalue weighted by molar-refractivity contribution is 7.98. The summed E-state index contributed by atoms with van der Waals surface area (Å²) < 4.78 is 4.65. The summed E-state index contributed by atoms with van der Waals surface area (Å²) in [7, 11) is 1.39. The average Bonchev–Trinajstić information content (AvgIpc) is 2.38. The number of benzene rings is 1. The minimum Gasteiger partial charge on any atom is -0.465 e. The lowest BCUT2D eigenvalue weighted by molar-refractivity contribution is 0.0601. The van der Waals surface area contributed by atoms with Crippen LogP contribution in [0.4, 0.5) is 0 Å². The fourth-order valence-corrected chi connectivity index (χ4v) is 2.37. The van der Waals surface area contributed by atoms with Crippen molar-refractivity contribution in [3.63, 3.8) is 0 Å². The summed E-state index contributed by atoms with van der Waals surface area (Å²) in [6.07, 6.45) is 2.26. The SMILES string of the molecule is COC(=O)c1ccc(CSCCCCN)cc1. The molecule has 3 nitrogen and oxygen atoms in total. The molecule has 0 heterocycles. The number of methoxy groups -OCH3 is 1. The number of hydrogen-bond acceptors (Lipinski definition) is 4. The van der Waals surface area contributed by atoms with Crippen LogP contribution in [0.25, 0.3) is 0 Å². The summed E-state index contributed by atoms with van der Waals surface area (Å²) in [5.74, 6) is 1.83. The first kappa shape index (κ1) is 14.1. The molecule has 0 spiro atoms. The lowest BCUT2D eigenvalue weighted by Crippen LogP contribution is -2.00. The van der Waals surface area contributed by atoms with Crippen molar-refractivity contribution in [3.05, 3.63) is 35.4 Å². The molecule has 0 aliphatic heterocycles. The zero-order chi connectivity index (χ0) is 12.5. The van der Waals surface area contributed by atoms with Gasteiger partial charge in [0.25, 0.3) is 0 Å². The van der Waals surface area contributed by atoms with Gasteiger partial charge in [0, 0.05) is 5.75 Å². The minimum atomic E-state index is -0.285. The van der Waals surface area contributed by atoms with E-state index in [0.717, 1.165) is 24.5 Å². The Morgan fingerprint density at radius 2 is 2.00 bits per heavy atom. The topological polar surface area (TPSA) is 52.3 Å². The molecule has 4 heteroatoms. The lowest BCUT2D eigenvalue weighted by Gasteiger charge is -2.03. The number of unbranched alkanes of at least 4 members (excludes halogenated alkanes) is 1. The summed E-state index contributed by atoms with van der Waals surface area (Å²) in [5, 5.41) is 0. The average molecular weight is 253 g/mol. The summed E-state index contributed by atoms with van der Waals surface area (Å²) in [6.45, 7) is 0.772. The molecule has 0 aliphatic rings. The van der Waals surface area contributed by atoms with E-state index in [1.54, 1.807) is 0 Å². The van der Waals surface area contributed by atoms with Gasteiger partial charge in [-0.25, -0.2) is 4.79 Å². The van der Waals surface area contributed by atoms with E-state index in [9.17, 15) is 4.79 Å². The maximum absolute atomic E-state index is 11.2. The fraction of sp³-hybridized carbons (Fsp3) is 0.462. The molecule has 0 saturated heterocycles. The second-order valence-electron chi connectivity index (χ2n) is 3.74. The highest BCUT2D eigenvalue weighted by atomic mass is 32.2. The molecule has 0 bridgehead atoms. The summed E-state index contributed by atoms with van der Waals surface area (Å²) in [6, 6.07) is 7.56. The summed E-state index contributed by atoms with van der Waals surface area (Å²) >= 11 is 1.89. The van der Waals surface area contributed by atoms with E-state index in [1.807, 2.05) is 36.0 Å². The van der Waals surface area contributed by atoms with Gasteiger partial charge < -0.3 is 10.5 Å². The molecule has 0 radical (unpaired) electrons. The number of thioether (sulfide) groups is 1. The summed E-state index contributed by atoms with van der Waals surface area (Å²) in [4.78, 5) is 11.2. The highest BCUT2D eigenvalue weighted by Crippen LogP contribution is 2.14. The van der Waals surface area contributed by atoms with Crippen molar-refractivity contribution < 1.29 is 9.53 Å². The Morgan fingerprint density at radius 1 is 1.29 bits per heavy atom. The smallest absolute Gasteiger partial charge is 0.337 e. The van der Waals surface area contributed by atoms with Gasteiger partial charge in [-0.3, -0.25) is 0 Å². The highest BCUT2D eigenvalue weighted by Gasteiger charge is 2.03. The zero-order valence-corrected chi connectivity index (χ0v) is 11.0. The molecular formula is C13H19NO2S. The van der Waals surface area contributed by atoms with Gasteiger partial charge in [0.2, 0.25) is 0 Å². The van der Waals surface area contributed by atoms with Crippen molar-refractivity contribution in [2.45, 2.75) is 18.6 Å². The van der Waals surface area contributed by atoms with E-state index in [4.69, 9.17) is 5.73 Å². The predicted octanol–water partition coefficient (Wildman–Crippen LogP) is 2.45. The van der Waals surface area contributed by atoms with E-state index in [0.29, 0.717) is 5.56 Å². The molecule has 0 atom stereocenters. The maximum Gasteiger partial charge on any atom is 0.337 e. The van der Waals surface area contributed by atoms with Gasteiger partial charge in [0.15, 0.2) is 0 Å². The Balaban J connectivity index is 2.33. The van der Waals surface area contributed by atoms with Gasteiger partial charge in [0.1, 0.15) is 0 Å². The van der Waals surface area contributed by atoms with E-state index < -0.39 is 0 Å². The molecule has 1 rings (SSSR count). The number of hydrogen-bond donors (Lipinski definition) is 1. The minimum absolute atomic E-state index is 0.285. The molecule has 0 saturated carbocycles. The van der Waals surface area contributed by atoms with Crippen LogP contribution < -0.4 is 5.73 Å². The van der Waals surface area contributed by atoms with Crippen LogP contribution in [0.5, 0.6) is 0 Å². The third kappa shape index (κ3) is 5.24. The lowest BCUT2D eigenvalue weighted by atomic mass is 10.1. The van der Waals surface area contributed by atoms with Crippen LogP contribution in [0.3, 0.4) is 0 Å². The Morgan fingerprint density at radius 3 is 2.59 bits per heavy atom. The number of carbonyl (C=O) groups excluding carboxylic acids is 1. The number of nitrogens with two attached hydrogens (primary N) is 1. The van der Waals surface area contributed by atoms with Crippen LogP contribution in [0.2, 0.25) is 0 Å². The molecule has 0 amide bonds. The molecule has 1 aromatic carbocycles. The normalized spacial score (nSPS) is 10.2. The maximum atomic E-state index is 11.2. The number of carbonyl (C=O) groups is 1. The van der Waals surface area contributed by atoms with Gasteiger partial charge in [-0.15, -0.1) is 0 Å². The van der Waals surface area contributed by atoms with Gasteiger partial charge in [-0.05, 0) is 42.8 Å².